The molecular formula is C19H27ClN2O4S. The fraction of sp³-hybridized carbons (Fsp3) is 0.368. The van der Waals surface area contributed by atoms with Gasteiger partial charge in [-0.15, -0.1) is 12.4 Å². The van der Waals surface area contributed by atoms with E-state index in [9.17, 15) is 8.42 Å². The maximum Gasteiger partial charge on any atom is 0.243 e. The van der Waals surface area contributed by atoms with Crippen LogP contribution in [0.2, 0.25) is 0 Å². The number of hydrogen-bond acceptors (Lipinski definition) is 5. The maximum atomic E-state index is 13.1. The van der Waals surface area contributed by atoms with Gasteiger partial charge in [-0.1, -0.05) is 30.3 Å². The first-order chi connectivity index (χ1) is 12.5. The lowest BCUT2D eigenvalue weighted by Gasteiger charge is -2.22. The van der Waals surface area contributed by atoms with Crippen LogP contribution in [0.3, 0.4) is 0 Å². The van der Waals surface area contributed by atoms with E-state index in [4.69, 9.17) is 15.2 Å². The van der Waals surface area contributed by atoms with Crippen LogP contribution in [0.25, 0.3) is 0 Å². The van der Waals surface area contributed by atoms with Gasteiger partial charge in [0.15, 0.2) is 11.5 Å². The fourth-order valence-electron chi connectivity index (χ4n) is 2.56. The zero-order valence-electron chi connectivity index (χ0n) is 15.6. The number of nitrogens with two attached hydrogens (primary N) is 1. The predicted molar refractivity (Wildman–Crippen MR) is 109 cm³/mol. The highest BCUT2D eigenvalue weighted by Gasteiger charge is 2.25. The number of halogens is 1. The molecular weight excluding hydrogens is 388 g/mol. The summed E-state index contributed by atoms with van der Waals surface area (Å²) in [5, 5.41) is 0. The molecule has 0 heterocycles. The van der Waals surface area contributed by atoms with Gasteiger partial charge in [0.1, 0.15) is 0 Å². The Labute approximate surface area is 167 Å². The Bertz CT molecular complexity index is 801. The summed E-state index contributed by atoms with van der Waals surface area (Å²) in [6.45, 7) is 5.32. The summed E-state index contributed by atoms with van der Waals surface area (Å²) in [6, 6.07) is 14.1. The Hall–Kier alpha value is -1.80. The molecule has 0 amide bonds. The molecule has 2 rings (SSSR count). The van der Waals surface area contributed by atoms with E-state index < -0.39 is 10.0 Å². The van der Waals surface area contributed by atoms with Crippen molar-refractivity contribution in [2.45, 2.75) is 25.3 Å². The summed E-state index contributed by atoms with van der Waals surface area (Å²) >= 11 is 0. The first-order valence-corrected chi connectivity index (χ1v) is 10.1. The minimum atomic E-state index is -3.72. The van der Waals surface area contributed by atoms with Gasteiger partial charge < -0.3 is 15.2 Å². The average molecular weight is 415 g/mol. The van der Waals surface area contributed by atoms with Gasteiger partial charge in [-0.3, -0.25) is 0 Å². The SMILES string of the molecule is CCOc1ccc(S(=O)(=O)N(CCN)Cc2ccccc2)cc1OCC.Cl. The molecule has 0 aliphatic heterocycles. The van der Waals surface area contributed by atoms with Crippen molar-refractivity contribution in [2.75, 3.05) is 26.3 Å². The number of ether oxygens (including phenoxy) is 2. The van der Waals surface area contributed by atoms with Gasteiger partial charge >= 0.3 is 0 Å². The highest BCUT2D eigenvalue weighted by molar-refractivity contribution is 7.89. The predicted octanol–water partition coefficient (Wildman–Crippen LogP) is 3.06. The zero-order chi connectivity index (χ0) is 19.0. The van der Waals surface area contributed by atoms with E-state index in [1.165, 1.54) is 16.4 Å². The summed E-state index contributed by atoms with van der Waals surface area (Å²) in [4.78, 5) is 0.161. The third-order valence-corrected chi connectivity index (χ3v) is 5.57. The number of rotatable bonds is 10. The summed E-state index contributed by atoms with van der Waals surface area (Å²) in [5.74, 6) is 0.949. The quantitative estimate of drug-likeness (QED) is 0.646. The Morgan fingerprint density at radius 2 is 1.59 bits per heavy atom. The Kier molecular flexibility index (Phi) is 9.59. The summed E-state index contributed by atoms with van der Waals surface area (Å²) in [5.41, 5.74) is 6.55. The molecule has 0 aliphatic carbocycles. The highest BCUT2D eigenvalue weighted by atomic mass is 35.5. The van der Waals surface area contributed by atoms with Crippen LogP contribution in [0.5, 0.6) is 11.5 Å². The van der Waals surface area contributed by atoms with E-state index in [0.29, 0.717) is 24.7 Å². The molecule has 0 fully saturated rings. The van der Waals surface area contributed by atoms with E-state index in [1.54, 1.807) is 6.07 Å². The Morgan fingerprint density at radius 1 is 0.963 bits per heavy atom. The van der Waals surface area contributed by atoms with Crippen molar-refractivity contribution in [2.24, 2.45) is 5.73 Å². The van der Waals surface area contributed by atoms with Crippen molar-refractivity contribution in [3.8, 4) is 11.5 Å². The molecule has 0 saturated carbocycles. The Balaban J connectivity index is 0.00000364. The molecule has 0 unspecified atom stereocenters. The fourth-order valence-corrected chi connectivity index (χ4v) is 4.02. The zero-order valence-corrected chi connectivity index (χ0v) is 17.3. The van der Waals surface area contributed by atoms with Gasteiger partial charge in [0, 0.05) is 25.7 Å². The first kappa shape index (κ1) is 23.2. The van der Waals surface area contributed by atoms with E-state index in [0.717, 1.165) is 5.56 Å². The molecule has 0 saturated heterocycles. The largest absolute Gasteiger partial charge is 0.490 e. The molecule has 27 heavy (non-hydrogen) atoms. The lowest BCUT2D eigenvalue weighted by Crippen LogP contribution is -2.35. The molecule has 0 spiro atoms. The molecule has 0 aliphatic rings. The van der Waals surface area contributed by atoms with Crippen molar-refractivity contribution in [3.05, 3.63) is 54.1 Å². The van der Waals surface area contributed by atoms with Crippen molar-refractivity contribution in [3.63, 3.8) is 0 Å². The normalized spacial score (nSPS) is 11.1. The lowest BCUT2D eigenvalue weighted by molar-refractivity contribution is 0.287. The van der Waals surface area contributed by atoms with Gasteiger partial charge in [-0.25, -0.2) is 8.42 Å². The van der Waals surface area contributed by atoms with Crippen LogP contribution in [-0.4, -0.2) is 39.0 Å². The second kappa shape index (κ2) is 11.1. The summed E-state index contributed by atoms with van der Waals surface area (Å²) in [6.07, 6.45) is 0. The van der Waals surface area contributed by atoms with Crippen LogP contribution < -0.4 is 15.2 Å². The van der Waals surface area contributed by atoms with Gasteiger partial charge in [0.05, 0.1) is 18.1 Å². The molecule has 0 atom stereocenters. The minimum Gasteiger partial charge on any atom is -0.490 e. The van der Waals surface area contributed by atoms with Gasteiger partial charge in [0.2, 0.25) is 10.0 Å². The average Bonchev–Trinajstić information content (AvgIpc) is 2.64. The standard InChI is InChI=1S/C19H26N2O4S.ClH/c1-3-24-18-11-10-17(14-19(18)25-4-2)26(22,23)21(13-12-20)15-16-8-6-5-7-9-16;/h5-11,14H,3-4,12-13,15,20H2,1-2H3;1H. The van der Waals surface area contributed by atoms with Crippen molar-refractivity contribution < 1.29 is 17.9 Å². The lowest BCUT2D eigenvalue weighted by atomic mass is 10.2. The highest BCUT2D eigenvalue weighted by Crippen LogP contribution is 2.31. The number of nitrogens with zero attached hydrogens (tertiary/aromatic N) is 1. The molecule has 6 nitrogen and oxygen atoms in total. The maximum absolute atomic E-state index is 13.1. The number of hydrogen-bond donors (Lipinski definition) is 1. The minimum absolute atomic E-state index is 0. The summed E-state index contributed by atoms with van der Waals surface area (Å²) < 4.78 is 38.7. The van der Waals surface area contributed by atoms with Crippen molar-refractivity contribution in [1.29, 1.82) is 0 Å². The van der Waals surface area contributed by atoms with E-state index >= 15 is 0 Å². The molecule has 150 valence electrons. The van der Waals surface area contributed by atoms with E-state index in [1.807, 2.05) is 44.2 Å². The monoisotopic (exact) mass is 414 g/mol. The van der Waals surface area contributed by atoms with Gasteiger partial charge in [-0.2, -0.15) is 4.31 Å². The van der Waals surface area contributed by atoms with E-state index in [-0.39, 0.29) is 36.9 Å². The second-order valence-corrected chi connectivity index (χ2v) is 7.53. The third-order valence-electron chi connectivity index (χ3n) is 3.73. The topological polar surface area (TPSA) is 81.9 Å². The van der Waals surface area contributed by atoms with Crippen LogP contribution in [0.15, 0.2) is 53.4 Å². The smallest absolute Gasteiger partial charge is 0.243 e. The van der Waals surface area contributed by atoms with E-state index in [2.05, 4.69) is 0 Å². The molecule has 2 aromatic carbocycles. The van der Waals surface area contributed by atoms with Gasteiger partial charge in [0.25, 0.3) is 0 Å². The van der Waals surface area contributed by atoms with Crippen LogP contribution in [0.4, 0.5) is 0 Å². The van der Waals surface area contributed by atoms with Crippen LogP contribution in [0.1, 0.15) is 19.4 Å². The molecule has 0 aromatic heterocycles. The van der Waals surface area contributed by atoms with Gasteiger partial charge in [-0.05, 0) is 31.5 Å². The number of sulfonamides is 1. The molecule has 0 bridgehead atoms. The molecule has 8 heteroatoms. The van der Waals surface area contributed by atoms with Crippen molar-refractivity contribution >= 4 is 22.4 Å². The summed E-state index contributed by atoms with van der Waals surface area (Å²) in [7, 11) is -3.72. The first-order valence-electron chi connectivity index (χ1n) is 8.66. The molecule has 0 radical (unpaired) electrons. The molecule has 2 aromatic rings. The molecule has 2 N–H and O–H groups in total. The third kappa shape index (κ3) is 6.10. The second-order valence-electron chi connectivity index (χ2n) is 5.59. The van der Waals surface area contributed by atoms with Crippen LogP contribution in [0, 0.1) is 0 Å². The Morgan fingerprint density at radius 3 is 2.19 bits per heavy atom. The number of benzene rings is 2. The van der Waals surface area contributed by atoms with Crippen LogP contribution >= 0.6 is 12.4 Å². The van der Waals surface area contributed by atoms with Crippen molar-refractivity contribution in [1.82, 2.24) is 4.31 Å². The van der Waals surface area contributed by atoms with Crippen LogP contribution in [-0.2, 0) is 16.6 Å².